The second kappa shape index (κ2) is 7.95. The standard InChI is InChI=1S/C17H13N3OS3.C2H6/c1-17(22)5-4-11-13-15(21-14(11)20-9-17)24-16(23-13)12(7-18)10-3-2-6-19-8-10;1-2/h2-6,8-9,13,15,22H,1H3;1-2H3/b16-12-;. The smallest absolute Gasteiger partial charge is 0.218 e. The largest absolute Gasteiger partial charge is 0.461 e. The van der Waals surface area contributed by atoms with Crippen LogP contribution in [0.15, 0.2) is 57.4 Å². The number of nitrogens with zero attached hydrogens (tertiary/aromatic N) is 3. The molecule has 3 atom stereocenters. The van der Waals surface area contributed by atoms with Gasteiger partial charge in [-0.1, -0.05) is 43.8 Å². The quantitative estimate of drug-likeness (QED) is 0.527. The predicted octanol–water partition coefficient (Wildman–Crippen LogP) is 5.05. The first-order valence-corrected chi connectivity index (χ1v) is 10.5. The first-order chi connectivity index (χ1) is 12.6. The third-order valence-corrected chi connectivity index (χ3v) is 7.00. The molecule has 0 spiro atoms. The summed E-state index contributed by atoms with van der Waals surface area (Å²) in [5.74, 6) is 0.665. The fraction of sp³-hybridized carbons (Fsp3) is 0.316. The van der Waals surface area contributed by atoms with Crippen LogP contribution in [0.2, 0.25) is 0 Å². The number of allylic oxidation sites excluding steroid dienone is 2. The number of thiol groups is 1. The molecule has 1 aromatic rings. The van der Waals surface area contributed by atoms with E-state index in [4.69, 9.17) is 4.74 Å². The molecule has 4 heterocycles. The van der Waals surface area contributed by atoms with Gasteiger partial charge in [0.05, 0.1) is 19.8 Å². The summed E-state index contributed by atoms with van der Waals surface area (Å²) < 4.78 is 6.59. The molecule has 0 radical (unpaired) electrons. The Morgan fingerprint density at radius 3 is 2.88 bits per heavy atom. The molecular weight excluding hydrogens is 382 g/mol. The summed E-state index contributed by atoms with van der Waals surface area (Å²) in [6.07, 6.45) is 9.28. The lowest BCUT2D eigenvalue weighted by Gasteiger charge is -2.12. The number of rotatable bonds is 1. The Hall–Kier alpha value is -1.62. The Bertz CT molecular complexity index is 851. The van der Waals surface area contributed by atoms with Gasteiger partial charge in [-0.2, -0.15) is 17.9 Å². The zero-order chi connectivity index (χ0) is 18.7. The molecule has 3 aliphatic rings. The minimum absolute atomic E-state index is 0.0545. The normalized spacial score (nSPS) is 30.4. The zero-order valence-electron chi connectivity index (χ0n) is 14.7. The molecule has 4 nitrogen and oxygen atoms in total. The van der Waals surface area contributed by atoms with Crippen LogP contribution in [0.5, 0.6) is 0 Å². The van der Waals surface area contributed by atoms with E-state index in [1.54, 1.807) is 42.1 Å². The van der Waals surface area contributed by atoms with Crippen LogP contribution in [0.25, 0.3) is 5.57 Å². The maximum atomic E-state index is 9.59. The number of hydrogen-bond acceptors (Lipinski definition) is 7. The van der Waals surface area contributed by atoms with E-state index in [1.165, 1.54) is 0 Å². The van der Waals surface area contributed by atoms with Crippen molar-refractivity contribution in [2.24, 2.45) is 4.99 Å². The summed E-state index contributed by atoms with van der Waals surface area (Å²) in [4.78, 5) is 8.55. The molecule has 0 amide bonds. The van der Waals surface area contributed by atoms with Crippen LogP contribution in [0.1, 0.15) is 26.3 Å². The number of aromatic nitrogens is 1. The first-order valence-electron chi connectivity index (χ1n) is 8.33. The van der Waals surface area contributed by atoms with Gasteiger partial charge in [0.2, 0.25) is 5.88 Å². The molecule has 1 fully saturated rings. The molecule has 134 valence electrons. The van der Waals surface area contributed by atoms with Crippen molar-refractivity contribution in [1.82, 2.24) is 4.98 Å². The van der Waals surface area contributed by atoms with Crippen LogP contribution in [0.4, 0.5) is 0 Å². The van der Waals surface area contributed by atoms with E-state index in [1.807, 2.05) is 45.1 Å². The Labute approximate surface area is 167 Å². The summed E-state index contributed by atoms with van der Waals surface area (Å²) in [5, 5.41) is 9.72. The lowest BCUT2D eigenvalue weighted by atomic mass is 10.1. The van der Waals surface area contributed by atoms with Gasteiger partial charge < -0.3 is 4.74 Å². The second-order valence-corrected chi connectivity index (χ2v) is 9.22. The maximum absolute atomic E-state index is 9.59. The average Bonchev–Trinajstić information content (AvgIpc) is 3.15. The number of hydrogen-bond donors (Lipinski definition) is 1. The highest BCUT2D eigenvalue weighted by Crippen LogP contribution is 2.57. The number of ether oxygens (including phenoxy) is 1. The number of fused-ring (bicyclic) bond motifs is 2. The number of pyridine rings is 1. The van der Waals surface area contributed by atoms with E-state index >= 15 is 0 Å². The Balaban J connectivity index is 0.000000948. The van der Waals surface area contributed by atoms with Gasteiger partial charge in [0, 0.05) is 29.7 Å². The van der Waals surface area contributed by atoms with Gasteiger partial charge in [-0.15, -0.1) is 11.8 Å². The van der Waals surface area contributed by atoms with E-state index in [0.29, 0.717) is 11.5 Å². The van der Waals surface area contributed by atoms with Crippen molar-refractivity contribution < 1.29 is 4.74 Å². The fourth-order valence-electron chi connectivity index (χ4n) is 2.58. The highest BCUT2D eigenvalue weighted by molar-refractivity contribution is 8.26. The Morgan fingerprint density at radius 1 is 1.38 bits per heavy atom. The topological polar surface area (TPSA) is 58.3 Å². The van der Waals surface area contributed by atoms with Crippen LogP contribution in [-0.4, -0.2) is 26.6 Å². The summed E-state index contributed by atoms with van der Waals surface area (Å²) in [5.41, 5.74) is 2.49. The summed E-state index contributed by atoms with van der Waals surface area (Å²) in [6, 6.07) is 6.06. The van der Waals surface area contributed by atoms with Crippen LogP contribution < -0.4 is 0 Å². The van der Waals surface area contributed by atoms with E-state index in [9.17, 15) is 5.26 Å². The molecule has 3 aliphatic heterocycles. The van der Waals surface area contributed by atoms with Crippen LogP contribution in [-0.2, 0) is 4.74 Å². The number of thioether (sulfide) groups is 2. The summed E-state index contributed by atoms with van der Waals surface area (Å²) >= 11 is 7.80. The molecule has 0 aromatic carbocycles. The molecule has 1 aromatic heterocycles. The van der Waals surface area contributed by atoms with E-state index in [0.717, 1.165) is 15.4 Å². The molecule has 7 heteroatoms. The van der Waals surface area contributed by atoms with E-state index < -0.39 is 0 Å². The average molecular weight is 402 g/mol. The molecule has 0 N–H and O–H groups in total. The van der Waals surface area contributed by atoms with Crippen LogP contribution >= 0.6 is 36.2 Å². The lowest BCUT2D eigenvalue weighted by molar-refractivity contribution is 0.219. The third kappa shape index (κ3) is 3.73. The van der Waals surface area contributed by atoms with Gasteiger partial charge in [-0.05, 0) is 13.0 Å². The monoisotopic (exact) mass is 401 g/mol. The maximum Gasteiger partial charge on any atom is 0.218 e. The highest BCUT2D eigenvalue weighted by Gasteiger charge is 2.45. The van der Waals surface area contributed by atoms with Crippen LogP contribution in [0, 0.1) is 11.3 Å². The summed E-state index contributed by atoms with van der Waals surface area (Å²) in [7, 11) is 0. The lowest BCUT2D eigenvalue weighted by Crippen LogP contribution is -2.15. The van der Waals surface area contributed by atoms with Crippen molar-refractivity contribution in [3.05, 3.63) is 57.9 Å². The Morgan fingerprint density at radius 2 is 2.19 bits per heavy atom. The van der Waals surface area contributed by atoms with Gasteiger partial charge in [-0.3, -0.25) is 4.98 Å². The molecule has 3 unspecified atom stereocenters. The minimum atomic E-state index is -0.383. The Kier molecular flexibility index (Phi) is 5.86. The van der Waals surface area contributed by atoms with Gasteiger partial charge in [0.15, 0.2) is 5.44 Å². The van der Waals surface area contributed by atoms with Crippen molar-refractivity contribution in [2.75, 3.05) is 0 Å². The van der Waals surface area contributed by atoms with Crippen molar-refractivity contribution in [1.29, 1.82) is 5.26 Å². The highest BCUT2D eigenvalue weighted by atomic mass is 32.2. The van der Waals surface area contributed by atoms with Gasteiger partial charge in [0.25, 0.3) is 0 Å². The molecule has 0 bridgehead atoms. The molecule has 26 heavy (non-hydrogen) atoms. The minimum Gasteiger partial charge on any atom is -0.461 e. The van der Waals surface area contributed by atoms with Crippen LogP contribution in [0.3, 0.4) is 0 Å². The fourth-order valence-corrected chi connectivity index (χ4v) is 5.75. The number of nitriles is 1. The number of aliphatic imine (C=N–C) groups is 1. The molecular formula is C19H19N3OS3. The SMILES string of the molecule is CC.CC1(S)C=CC2=C(N=C1)OC1S/C(=C(/C#N)c3cccnc3)SC21. The van der Waals surface area contributed by atoms with Crippen molar-refractivity contribution in [3.8, 4) is 6.07 Å². The van der Waals surface area contributed by atoms with Gasteiger partial charge >= 0.3 is 0 Å². The van der Waals surface area contributed by atoms with Gasteiger partial charge in [-0.25, -0.2) is 4.99 Å². The van der Waals surface area contributed by atoms with Gasteiger partial charge in [0.1, 0.15) is 6.07 Å². The van der Waals surface area contributed by atoms with Crippen molar-refractivity contribution in [3.63, 3.8) is 0 Å². The first kappa shape index (κ1) is 19.2. The van der Waals surface area contributed by atoms with E-state index in [-0.39, 0.29) is 15.4 Å². The predicted molar refractivity (Wildman–Crippen MR) is 114 cm³/mol. The van der Waals surface area contributed by atoms with E-state index in [2.05, 4.69) is 28.7 Å². The van der Waals surface area contributed by atoms with Crippen molar-refractivity contribution >= 4 is 47.9 Å². The molecule has 0 saturated carbocycles. The molecule has 0 aliphatic carbocycles. The second-order valence-electron chi connectivity index (χ2n) is 5.74. The molecule has 1 saturated heterocycles. The van der Waals surface area contributed by atoms with Crippen molar-refractivity contribution in [2.45, 2.75) is 36.2 Å². The zero-order valence-corrected chi connectivity index (χ0v) is 17.2. The molecule has 4 rings (SSSR count). The summed E-state index contributed by atoms with van der Waals surface area (Å²) in [6.45, 7) is 5.98. The third-order valence-electron chi connectivity index (χ3n) is 3.80.